The molecule has 0 radical (unpaired) electrons. The van der Waals surface area contributed by atoms with Crippen LogP contribution in [-0.2, 0) is 5.41 Å². The first kappa shape index (κ1) is 40.1. The third-order valence-corrected chi connectivity index (χ3v) is 14.9. The molecular weight excluding hydrogens is 797 g/mol. The lowest BCUT2D eigenvalue weighted by molar-refractivity contribution is 0.476. The van der Waals surface area contributed by atoms with E-state index in [1.54, 1.807) is 5.57 Å². The molecular formula is C64H54N2. The maximum atomic E-state index is 2.55. The zero-order valence-electron chi connectivity index (χ0n) is 38.0. The van der Waals surface area contributed by atoms with Crippen LogP contribution >= 0.6 is 0 Å². The number of benzene rings is 7. The molecule has 0 spiro atoms. The SMILES string of the molecule is CC1C=CC2=C(C1)C(C)(C)c1c2cccc1-n1c2ccccc2c2c(-c3cccc(-c4cccc(N(C5=CCC(C6C=CC=CC6)C=C5)c5ccc(-c6ccccc6)cc5)c4)c3)cccc21. The highest BCUT2D eigenvalue weighted by Crippen LogP contribution is 2.54. The third-order valence-electron chi connectivity index (χ3n) is 14.9. The lowest BCUT2D eigenvalue weighted by Gasteiger charge is -2.31. The second-order valence-corrected chi connectivity index (χ2v) is 19.3. The Kier molecular flexibility index (Phi) is 9.86. The van der Waals surface area contributed by atoms with Crippen molar-refractivity contribution >= 4 is 38.8 Å². The summed E-state index contributed by atoms with van der Waals surface area (Å²) in [6.07, 6.45) is 24.3. The summed E-state index contributed by atoms with van der Waals surface area (Å²) in [6, 6.07) is 60.8. The van der Waals surface area contributed by atoms with E-state index in [1.807, 2.05) is 0 Å². The topological polar surface area (TPSA) is 8.17 Å². The van der Waals surface area contributed by atoms with E-state index in [9.17, 15) is 0 Å². The number of aromatic nitrogens is 1. The van der Waals surface area contributed by atoms with Crippen LogP contribution in [0.1, 0.15) is 51.2 Å². The molecule has 8 aromatic rings. The summed E-state index contributed by atoms with van der Waals surface area (Å²) in [7, 11) is 0. The molecule has 1 heterocycles. The van der Waals surface area contributed by atoms with Crippen LogP contribution in [0.25, 0.3) is 66.4 Å². The lowest BCUT2D eigenvalue weighted by atomic mass is 9.76. The van der Waals surface area contributed by atoms with Gasteiger partial charge in [-0.15, -0.1) is 0 Å². The van der Waals surface area contributed by atoms with Gasteiger partial charge in [0.15, 0.2) is 0 Å². The van der Waals surface area contributed by atoms with Gasteiger partial charge < -0.3 is 9.47 Å². The summed E-state index contributed by atoms with van der Waals surface area (Å²) in [6.45, 7) is 7.23. The van der Waals surface area contributed by atoms with Gasteiger partial charge in [0.1, 0.15) is 0 Å². The van der Waals surface area contributed by atoms with Crippen molar-refractivity contribution in [3.05, 3.63) is 241 Å². The molecule has 320 valence electrons. The largest absolute Gasteiger partial charge is 0.311 e. The van der Waals surface area contributed by atoms with Crippen LogP contribution in [0.3, 0.4) is 0 Å². The summed E-state index contributed by atoms with van der Waals surface area (Å²) in [5, 5.41) is 2.56. The van der Waals surface area contributed by atoms with Crippen LogP contribution in [0.15, 0.2) is 230 Å². The Labute approximate surface area is 389 Å². The molecule has 0 amide bonds. The highest BCUT2D eigenvalue weighted by Gasteiger charge is 2.41. The van der Waals surface area contributed by atoms with Gasteiger partial charge in [-0.2, -0.15) is 0 Å². The van der Waals surface area contributed by atoms with Gasteiger partial charge >= 0.3 is 0 Å². The normalized spacial score (nSPS) is 19.3. The second-order valence-electron chi connectivity index (χ2n) is 19.3. The molecule has 0 bridgehead atoms. The summed E-state index contributed by atoms with van der Waals surface area (Å²) in [5.41, 5.74) is 20.3. The first-order valence-electron chi connectivity index (χ1n) is 23.9. The highest BCUT2D eigenvalue weighted by atomic mass is 15.1. The van der Waals surface area contributed by atoms with E-state index >= 15 is 0 Å². The van der Waals surface area contributed by atoms with Gasteiger partial charge in [0, 0.05) is 33.3 Å². The number of para-hydroxylation sites is 1. The van der Waals surface area contributed by atoms with Gasteiger partial charge in [-0.05, 0) is 142 Å². The Balaban J connectivity index is 0.938. The molecule has 2 nitrogen and oxygen atoms in total. The number of hydrogen-bond donors (Lipinski definition) is 0. The molecule has 2 heteroatoms. The number of hydrogen-bond acceptors (Lipinski definition) is 1. The molecule has 1 aromatic heterocycles. The van der Waals surface area contributed by atoms with Crippen molar-refractivity contribution in [3.63, 3.8) is 0 Å². The van der Waals surface area contributed by atoms with Gasteiger partial charge in [-0.1, -0.05) is 190 Å². The maximum Gasteiger partial charge on any atom is 0.0547 e. The fraction of sp³-hybridized carbons (Fsp3) is 0.156. The summed E-state index contributed by atoms with van der Waals surface area (Å²) in [5.74, 6) is 1.58. The Hall–Kier alpha value is -7.42. The summed E-state index contributed by atoms with van der Waals surface area (Å²) in [4.78, 5) is 2.44. The number of rotatable bonds is 8. The zero-order valence-corrected chi connectivity index (χ0v) is 38.0. The van der Waals surface area contributed by atoms with Crippen LogP contribution in [0.4, 0.5) is 11.4 Å². The van der Waals surface area contributed by atoms with Crippen LogP contribution < -0.4 is 4.90 Å². The average Bonchev–Trinajstić information content (AvgIpc) is 3.83. The van der Waals surface area contributed by atoms with Crippen molar-refractivity contribution in [3.8, 4) is 39.1 Å². The van der Waals surface area contributed by atoms with Crippen LogP contribution in [0.5, 0.6) is 0 Å². The lowest BCUT2D eigenvalue weighted by Crippen LogP contribution is -2.21. The molecule has 0 fully saturated rings. The van der Waals surface area contributed by atoms with Crippen molar-refractivity contribution in [2.75, 3.05) is 4.90 Å². The molecule has 4 aliphatic carbocycles. The van der Waals surface area contributed by atoms with Crippen molar-refractivity contribution in [2.24, 2.45) is 17.8 Å². The minimum atomic E-state index is -0.0732. The van der Waals surface area contributed by atoms with Gasteiger partial charge in [0.25, 0.3) is 0 Å². The van der Waals surface area contributed by atoms with Gasteiger partial charge in [-0.25, -0.2) is 0 Å². The van der Waals surface area contributed by atoms with Crippen LogP contribution in [-0.4, -0.2) is 4.57 Å². The quantitative estimate of drug-likeness (QED) is 0.148. The fourth-order valence-corrected chi connectivity index (χ4v) is 11.6. The molecule has 0 saturated heterocycles. The van der Waals surface area contributed by atoms with E-state index in [0.717, 1.165) is 30.6 Å². The molecule has 0 N–H and O–H groups in total. The molecule has 12 rings (SSSR count). The number of fused-ring (bicyclic) bond motifs is 5. The summed E-state index contributed by atoms with van der Waals surface area (Å²) < 4.78 is 2.55. The van der Waals surface area contributed by atoms with E-state index < -0.39 is 0 Å². The van der Waals surface area contributed by atoms with E-state index in [2.05, 4.69) is 249 Å². The van der Waals surface area contributed by atoms with E-state index in [0.29, 0.717) is 17.8 Å². The summed E-state index contributed by atoms with van der Waals surface area (Å²) >= 11 is 0. The minimum absolute atomic E-state index is 0.0732. The minimum Gasteiger partial charge on any atom is -0.311 e. The predicted molar refractivity (Wildman–Crippen MR) is 280 cm³/mol. The van der Waals surface area contributed by atoms with Crippen LogP contribution in [0.2, 0.25) is 0 Å². The molecule has 3 unspecified atom stereocenters. The molecule has 0 aliphatic heterocycles. The second kappa shape index (κ2) is 16.2. The monoisotopic (exact) mass is 850 g/mol. The third kappa shape index (κ3) is 6.78. The van der Waals surface area contributed by atoms with Crippen LogP contribution in [0, 0.1) is 17.8 Å². The Morgan fingerprint density at radius 2 is 1.24 bits per heavy atom. The number of allylic oxidation sites excluding steroid dienone is 11. The molecule has 4 aliphatic rings. The Morgan fingerprint density at radius 1 is 0.545 bits per heavy atom. The van der Waals surface area contributed by atoms with Gasteiger partial charge in [-0.3, -0.25) is 0 Å². The van der Waals surface area contributed by atoms with Crippen molar-refractivity contribution < 1.29 is 0 Å². The molecule has 3 atom stereocenters. The maximum absolute atomic E-state index is 2.55. The molecule has 7 aromatic carbocycles. The highest BCUT2D eigenvalue weighted by molar-refractivity contribution is 6.16. The molecule has 0 saturated carbocycles. The Morgan fingerprint density at radius 3 is 2.06 bits per heavy atom. The number of nitrogens with zero attached hydrogens (tertiary/aromatic N) is 2. The Bertz CT molecular complexity index is 3380. The standard InChI is InChI=1S/C64H54N2/c1-43-30-39-55-56-26-15-29-61(63(56)64(2,3)58(55)40-43)66-59-27-11-10-24-57(59)62-54(25-14-28-60(62)66)50-22-12-20-48(41-50)49-21-13-23-53(42-49)65(51-35-31-46(32-36-51)44-16-6-4-7-17-44)52-37-33-47(34-38-52)45-18-8-5-9-19-45/h4-18,20-33,35-39,41-43,45,47H,19,34,40H2,1-3H3. The number of anilines is 2. The van der Waals surface area contributed by atoms with E-state index in [1.165, 1.54) is 83.3 Å². The van der Waals surface area contributed by atoms with Gasteiger partial charge in [0.2, 0.25) is 0 Å². The fourth-order valence-electron chi connectivity index (χ4n) is 11.6. The van der Waals surface area contributed by atoms with Gasteiger partial charge in [0.05, 0.1) is 16.7 Å². The van der Waals surface area contributed by atoms with Crippen molar-refractivity contribution in [2.45, 2.75) is 45.4 Å². The van der Waals surface area contributed by atoms with Crippen molar-refractivity contribution in [1.29, 1.82) is 0 Å². The van der Waals surface area contributed by atoms with E-state index in [4.69, 9.17) is 0 Å². The first-order chi connectivity index (χ1) is 32.4. The first-order valence-corrected chi connectivity index (χ1v) is 23.9. The zero-order chi connectivity index (χ0) is 44.4. The smallest absolute Gasteiger partial charge is 0.0547 e. The van der Waals surface area contributed by atoms with E-state index in [-0.39, 0.29) is 5.41 Å². The predicted octanol–water partition coefficient (Wildman–Crippen LogP) is 17.2. The molecule has 66 heavy (non-hydrogen) atoms. The van der Waals surface area contributed by atoms with Crippen molar-refractivity contribution in [1.82, 2.24) is 4.57 Å². The average molecular weight is 851 g/mol.